The fourth-order valence-corrected chi connectivity index (χ4v) is 0.254. The first-order valence-electron chi connectivity index (χ1n) is 2.49. The van der Waals surface area contributed by atoms with Crippen molar-refractivity contribution >= 4 is 11.9 Å². The Morgan fingerprint density at radius 2 is 2.10 bits per heavy atom. The molecule has 0 atom stereocenters. The van der Waals surface area contributed by atoms with E-state index in [2.05, 4.69) is 11.9 Å². The smallest absolute Gasteiger partial charge is 0.329 e. The van der Waals surface area contributed by atoms with E-state index >= 15 is 0 Å². The number of carbonyl (C=O) groups excluding carboxylic acids is 1. The second-order valence-electron chi connectivity index (χ2n) is 1.38. The molecule has 0 aromatic rings. The molecule has 0 aliphatic rings. The van der Waals surface area contributed by atoms with Crippen LogP contribution in [-0.2, 0) is 9.59 Å². The van der Waals surface area contributed by atoms with Crippen LogP contribution in [0.4, 0.5) is 0 Å². The molecule has 0 aromatic carbocycles. The van der Waals surface area contributed by atoms with Gasteiger partial charge in [0.15, 0.2) is 0 Å². The van der Waals surface area contributed by atoms with Crippen molar-refractivity contribution in [2.24, 2.45) is 0 Å². The molecule has 0 aromatic heterocycles. The lowest BCUT2D eigenvalue weighted by atomic mass is 10.5. The monoisotopic (exact) mass is 141 g/mol. The Bertz CT molecular complexity index is 183. The van der Waals surface area contributed by atoms with Gasteiger partial charge in [-0.15, -0.1) is 0 Å². The van der Waals surface area contributed by atoms with Gasteiger partial charge in [0.2, 0.25) is 5.91 Å². The molecule has 0 aliphatic heterocycles. The molecule has 0 heterocycles. The van der Waals surface area contributed by atoms with Crippen molar-refractivity contribution in [2.75, 3.05) is 0 Å². The van der Waals surface area contributed by atoms with Gasteiger partial charge in [-0.1, -0.05) is 6.58 Å². The Morgan fingerprint density at radius 3 is 2.50 bits per heavy atom. The molecule has 0 radical (unpaired) electrons. The van der Waals surface area contributed by atoms with Crippen molar-refractivity contribution in [2.45, 2.75) is 0 Å². The summed E-state index contributed by atoms with van der Waals surface area (Å²) in [4.78, 5) is 20.1. The average Bonchev–Trinajstić information content (AvgIpc) is 1.87. The molecule has 2 N–H and O–H groups in total. The Morgan fingerprint density at radius 1 is 1.50 bits per heavy atom. The van der Waals surface area contributed by atoms with Crippen molar-refractivity contribution in [3.8, 4) is 0 Å². The summed E-state index contributed by atoms with van der Waals surface area (Å²) in [6.45, 7) is 3.17. The van der Waals surface area contributed by atoms with Crippen LogP contribution in [0.5, 0.6) is 0 Å². The molecule has 0 bridgehead atoms. The number of nitrogens with one attached hydrogen (secondary N) is 1. The molecule has 0 spiro atoms. The minimum Gasteiger partial charge on any atom is -0.478 e. The molecule has 0 unspecified atom stereocenters. The normalized spacial score (nSPS) is 9.20. The maximum atomic E-state index is 10.3. The minimum absolute atomic E-state index is 0.433. The van der Waals surface area contributed by atoms with Crippen LogP contribution < -0.4 is 5.32 Å². The lowest BCUT2D eigenvalue weighted by Gasteiger charge is -1.88. The van der Waals surface area contributed by atoms with E-state index in [0.29, 0.717) is 0 Å². The molecule has 0 rings (SSSR count). The van der Waals surface area contributed by atoms with Crippen LogP contribution in [0.1, 0.15) is 0 Å². The molecule has 10 heavy (non-hydrogen) atoms. The van der Waals surface area contributed by atoms with Gasteiger partial charge in [-0.05, 0) is 6.08 Å². The van der Waals surface area contributed by atoms with Crippen LogP contribution in [0, 0.1) is 0 Å². The quantitative estimate of drug-likeness (QED) is 0.539. The van der Waals surface area contributed by atoms with Crippen LogP contribution in [0.15, 0.2) is 24.9 Å². The van der Waals surface area contributed by atoms with E-state index in [9.17, 15) is 9.59 Å². The number of hydrogen-bond donors (Lipinski definition) is 2. The zero-order chi connectivity index (χ0) is 7.98. The lowest BCUT2D eigenvalue weighted by molar-refractivity contribution is -0.131. The Balaban J connectivity index is 3.63. The number of carboxylic acids is 1. The van der Waals surface area contributed by atoms with Crippen LogP contribution in [0.3, 0.4) is 0 Å². The highest BCUT2D eigenvalue weighted by atomic mass is 16.4. The number of amides is 1. The summed E-state index contributed by atoms with van der Waals surface area (Å²) < 4.78 is 0. The molecule has 54 valence electrons. The van der Waals surface area contributed by atoms with E-state index < -0.39 is 11.9 Å². The third-order valence-corrected chi connectivity index (χ3v) is 0.637. The first-order valence-corrected chi connectivity index (χ1v) is 2.49. The van der Waals surface area contributed by atoms with Crippen molar-refractivity contribution < 1.29 is 14.7 Å². The summed E-state index contributed by atoms with van der Waals surface area (Å²) in [6, 6.07) is 0. The molecular formula is C6H7NO3. The number of carbonyl (C=O) groups is 2. The topological polar surface area (TPSA) is 66.4 Å². The largest absolute Gasteiger partial charge is 0.478 e. The van der Waals surface area contributed by atoms with Gasteiger partial charge in [0.1, 0.15) is 0 Å². The highest BCUT2D eigenvalue weighted by molar-refractivity contribution is 5.88. The predicted octanol–water partition coefficient (Wildman–Crippen LogP) is -0.113. The Kier molecular flexibility index (Phi) is 3.63. The molecule has 0 saturated carbocycles. The van der Waals surface area contributed by atoms with Crippen molar-refractivity contribution in [1.82, 2.24) is 5.32 Å². The van der Waals surface area contributed by atoms with Gasteiger partial charge in [0.25, 0.3) is 0 Å². The fourth-order valence-electron chi connectivity index (χ4n) is 0.254. The predicted molar refractivity (Wildman–Crippen MR) is 35.1 cm³/mol. The second-order valence-corrected chi connectivity index (χ2v) is 1.38. The van der Waals surface area contributed by atoms with Crippen LogP contribution in [-0.4, -0.2) is 17.0 Å². The van der Waals surface area contributed by atoms with Gasteiger partial charge in [-0.3, -0.25) is 4.79 Å². The molecule has 0 saturated heterocycles. The molecule has 1 amide bonds. The second kappa shape index (κ2) is 4.31. The summed E-state index contributed by atoms with van der Waals surface area (Å²) in [5.41, 5.74) is 0. The molecule has 0 fully saturated rings. The average molecular weight is 141 g/mol. The van der Waals surface area contributed by atoms with Gasteiger partial charge in [0.05, 0.1) is 0 Å². The summed E-state index contributed by atoms with van der Waals surface area (Å²) in [5, 5.41) is 10.2. The van der Waals surface area contributed by atoms with E-state index in [1.807, 2.05) is 0 Å². The van der Waals surface area contributed by atoms with Gasteiger partial charge in [-0.2, -0.15) is 0 Å². The number of aliphatic carboxylic acids is 1. The Hall–Kier alpha value is -1.58. The van der Waals surface area contributed by atoms with E-state index in [4.69, 9.17) is 5.11 Å². The summed E-state index contributed by atoms with van der Waals surface area (Å²) in [6.07, 6.45) is 2.90. The molecule has 4 nitrogen and oxygen atoms in total. The van der Waals surface area contributed by atoms with Gasteiger partial charge >= 0.3 is 5.97 Å². The van der Waals surface area contributed by atoms with E-state index in [-0.39, 0.29) is 0 Å². The number of carboxylic acid groups (broad SMARTS) is 1. The van der Waals surface area contributed by atoms with Crippen LogP contribution in [0.25, 0.3) is 0 Å². The summed E-state index contributed by atoms with van der Waals surface area (Å²) in [5.74, 6) is -1.54. The maximum Gasteiger partial charge on any atom is 0.329 e. The van der Waals surface area contributed by atoms with Gasteiger partial charge in [-0.25, -0.2) is 4.79 Å². The zero-order valence-corrected chi connectivity index (χ0v) is 5.20. The summed E-state index contributed by atoms with van der Waals surface area (Å²) >= 11 is 0. The molecule has 0 aliphatic carbocycles. The van der Waals surface area contributed by atoms with E-state index in [1.165, 1.54) is 0 Å². The van der Waals surface area contributed by atoms with Crippen LogP contribution >= 0.6 is 0 Å². The maximum absolute atomic E-state index is 10.3. The van der Waals surface area contributed by atoms with E-state index in [0.717, 1.165) is 18.4 Å². The van der Waals surface area contributed by atoms with Crippen LogP contribution in [0.2, 0.25) is 0 Å². The first-order chi connectivity index (χ1) is 4.66. The lowest BCUT2D eigenvalue weighted by Crippen LogP contribution is -2.13. The SMILES string of the molecule is C=CC(=O)N/C=C/C(=O)O. The first kappa shape index (κ1) is 8.42. The standard InChI is InChI=1S/C6H7NO3/c1-2-5(8)7-4-3-6(9)10/h2-4H,1H2,(H,7,8)(H,9,10)/b4-3+. The van der Waals surface area contributed by atoms with Crippen molar-refractivity contribution in [3.63, 3.8) is 0 Å². The van der Waals surface area contributed by atoms with E-state index in [1.54, 1.807) is 0 Å². The molecule has 4 heteroatoms. The number of hydrogen-bond acceptors (Lipinski definition) is 2. The fraction of sp³-hybridized carbons (Fsp3) is 0. The number of rotatable bonds is 3. The molecular weight excluding hydrogens is 134 g/mol. The Labute approximate surface area is 57.9 Å². The van der Waals surface area contributed by atoms with Crippen molar-refractivity contribution in [1.29, 1.82) is 0 Å². The third-order valence-electron chi connectivity index (χ3n) is 0.637. The van der Waals surface area contributed by atoms with Crippen molar-refractivity contribution in [3.05, 3.63) is 24.9 Å². The van der Waals surface area contributed by atoms with Gasteiger partial charge < -0.3 is 10.4 Å². The summed E-state index contributed by atoms with van der Waals surface area (Å²) in [7, 11) is 0. The highest BCUT2D eigenvalue weighted by Gasteiger charge is 1.87. The van der Waals surface area contributed by atoms with Gasteiger partial charge in [0, 0.05) is 12.3 Å². The zero-order valence-electron chi connectivity index (χ0n) is 5.20. The minimum atomic E-state index is -1.11. The third kappa shape index (κ3) is 4.58. The highest BCUT2D eigenvalue weighted by Crippen LogP contribution is 1.69.